The summed E-state index contributed by atoms with van der Waals surface area (Å²) in [6.07, 6.45) is 2.30. The second-order valence-corrected chi connectivity index (χ2v) is 5.71. The fourth-order valence-electron chi connectivity index (χ4n) is 1.40. The van der Waals surface area contributed by atoms with Gasteiger partial charge < -0.3 is 10.7 Å². The van der Waals surface area contributed by atoms with Gasteiger partial charge in [-0.05, 0) is 24.6 Å². The average Bonchev–Trinajstić information content (AvgIpc) is 2.34. The molecule has 0 saturated heterocycles. The number of hydrazine groups is 1. The van der Waals surface area contributed by atoms with E-state index in [-0.39, 0.29) is 5.91 Å². The highest BCUT2D eigenvalue weighted by atomic mass is 35.5. The van der Waals surface area contributed by atoms with Gasteiger partial charge in [0.1, 0.15) is 0 Å². The Bertz CT molecular complexity index is 454. The number of amides is 1. The molecule has 1 amide bonds. The molecule has 0 aliphatic heterocycles. The molecule has 0 bridgehead atoms. The molecule has 1 rings (SSSR count). The maximum atomic E-state index is 11.9. The van der Waals surface area contributed by atoms with E-state index in [2.05, 4.69) is 10.7 Å². The number of halogens is 1. The summed E-state index contributed by atoms with van der Waals surface area (Å²) in [5, 5.41) is 3.20. The Balaban J connectivity index is 2.60. The Hall–Kier alpha value is -1.11. The van der Waals surface area contributed by atoms with Crippen molar-refractivity contribution in [3.63, 3.8) is 0 Å². The molecule has 0 saturated carbocycles. The highest BCUT2D eigenvalue weighted by Crippen LogP contribution is 2.19. The van der Waals surface area contributed by atoms with Crippen LogP contribution < -0.4 is 16.6 Å². The molecule has 18 heavy (non-hydrogen) atoms. The number of rotatable bonds is 6. The highest BCUT2D eigenvalue weighted by Gasteiger charge is 2.11. The van der Waals surface area contributed by atoms with E-state index in [9.17, 15) is 9.00 Å². The van der Waals surface area contributed by atoms with Crippen LogP contribution in [-0.2, 0) is 10.8 Å². The number of nitrogen functional groups attached to an aromatic ring is 1. The Morgan fingerprint density at radius 3 is 2.83 bits per heavy atom. The van der Waals surface area contributed by atoms with Crippen molar-refractivity contribution >= 4 is 34.0 Å². The van der Waals surface area contributed by atoms with Crippen LogP contribution in [0.3, 0.4) is 0 Å². The molecular weight excluding hydrogens is 274 g/mol. The third kappa shape index (κ3) is 4.64. The van der Waals surface area contributed by atoms with E-state index in [1.807, 2.05) is 0 Å². The molecule has 0 radical (unpaired) electrons. The van der Waals surface area contributed by atoms with Crippen molar-refractivity contribution in [3.8, 4) is 0 Å². The van der Waals surface area contributed by atoms with E-state index in [1.54, 1.807) is 24.5 Å². The zero-order chi connectivity index (χ0) is 13.5. The first-order valence-corrected chi connectivity index (χ1v) is 7.49. The maximum Gasteiger partial charge on any atom is 0.253 e. The van der Waals surface area contributed by atoms with Crippen molar-refractivity contribution in [3.05, 3.63) is 28.8 Å². The van der Waals surface area contributed by atoms with Crippen LogP contribution in [0.2, 0.25) is 5.02 Å². The first-order valence-electron chi connectivity index (χ1n) is 5.39. The summed E-state index contributed by atoms with van der Waals surface area (Å²) in [6, 6.07) is 4.83. The molecule has 100 valence electrons. The number of hydrogen-bond donors (Lipinski definition) is 3. The fraction of sp³-hybridized carbons (Fsp3) is 0.364. The van der Waals surface area contributed by atoms with Gasteiger partial charge in [-0.3, -0.25) is 14.8 Å². The Kier molecular flexibility index (Phi) is 6.11. The second-order valence-electron chi connectivity index (χ2n) is 3.72. The largest absolute Gasteiger partial charge is 0.352 e. The lowest BCUT2D eigenvalue weighted by Crippen LogP contribution is -2.27. The number of anilines is 1. The first kappa shape index (κ1) is 14.9. The molecule has 7 heteroatoms. The zero-order valence-electron chi connectivity index (χ0n) is 10.0. The van der Waals surface area contributed by atoms with Gasteiger partial charge in [-0.25, -0.2) is 0 Å². The average molecular weight is 290 g/mol. The summed E-state index contributed by atoms with van der Waals surface area (Å²) in [6.45, 7) is 0.467. The predicted octanol–water partition coefficient (Wildman–Crippen LogP) is 1.12. The Morgan fingerprint density at radius 2 is 2.22 bits per heavy atom. The molecule has 1 unspecified atom stereocenters. The number of carbonyl (C=O) groups excluding carboxylic acids is 1. The summed E-state index contributed by atoms with van der Waals surface area (Å²) in [5.74, 6) is 5.63. The molecule has 4 N–H and O–H groups in total. The number of hydrogen-bond acceptors (Lipinski definition) is 4. The van der Waals surface area contributed by atoms with Gasteiger partial charge in [-0.15, -0.1) is 0 Å². The lowest BCUT2D eigenvalue weighted by atomic mass is 10.1. The molecule has 0 aliphatic carbocycles. The standard InChI is InChI=1S/C11H16ClN3O2S/c1-18(17)6-2-5-14-11(16)9-7-8(12)3-4-10(9)15-13/h3-4,7,15H,2,5-6,13H2,1H3,(H,14,16). The molecule has 5 nitrogen and oxygen atoms in total. The quantitative estimate of drug-likeness (QED) is 0.416. The predicted molar refractivity (Wildman–Crippen MR) is 75.1 cm³/mol. The summed E-state index contributed by atoms with van der Waals surface area (Å²) in [5.41, 5.74) is 3.35. The minimum absolute atomic E-state index is 0.257. The fourth-order valence-corrected chi connectivity index (χ4v) is 2.13. The van der Waals surface area contributed by atoms with Crippen molar-refractivity contribution in [2.75, 3.05) is 24.0 Å². The number of carbonyl (C=O) groups is 1. The van der Waals surface area contributed by atoms with Gasteiger partial charge in [-0.1, -0.05) is 11.6 Å². The normalized spacial score (nSPS) is 11.9. The van der Waals surface area contributed by atoms with E-state index in [0.717, 1.165) is 0 Å². The van der Waals surface area contributed by atoms with Crippen LogP contribution in [0.25, 0.3) is 0 Å². The van der Waals surface area contributed by atoms with Crippen molar-refractivity contribution < 1.29 is 9.00 Å². The topological polar surface area (TPSA) is 84.2 Å². The highest BCUT2D eigenvalue weighted by molar-refractivity contribution is 7.84. The number of benzene rings is 1. The van der Waals surface area contributed by atoms with E-state index in [1.165, 1.54) is 0 Å². The molecule has 0 fully saturated rings. The monoisotopic (exact) mass is 289 g/mol. The molecule has 1 atom stereocenters. The molecule has 0 aliphatic rings. The van der Waals surface area contributed by atoms with Gasteiger partial charge in [0.2, 0.25) is 0 Å². The molecular formula is C11H16ClN3O2S. The molecule has 0 aromatic heterocycles. The van der Waals surface area contributed by atoms with Crippen LogP contribution in [0, 0.1) is 0 Å². The van der Waals surface area contributed by atoms with Crippen LogP contribution in [0.5, 0.6) is 0 Å². The number of nitrogens with two attached hydrogens (primary N) is 1. The van der Waals surface area contributed by atoms with Gasteiger partial charge >= 0.3 is 0 Å². The van der Waals surface area contributed by atoms with Crippen LogP contribution in [0.1, 0.15) is 16.8 Å². The van der Waals surface area contributed by atoms with E-state index in [0.29, 0.717) is 35.0 Å². The van der Waals surface area contributed by atoms with Crippen molar-refractivity contribution in [2.24, 2.45) is 5.84 Å². The summed E-state index contributed by atoms with van der Waals surface area (Å²) in [4.78, 5) is 11.9. The Morgan fingerprint density at radius 1 is 1.50 bits per heavy atom. The van der Waals surface area contributed by atoms with Gasteiger partial charge in [-0.2, -0.15) is 0 Å². The van der Waals surface area contributed by atoms with Gasteiger partial charge in [0.05, 0.1) is 11.3 Å². The lowest BCUT2D eigenvalue weighted by molar-refractivity contribution is 0.0954. The molecule has 1 aromatic rings. The summed E-state index contributed by atoms with van der Waals surface area (Å²) in [7, 11) is -0.839. The van der Waals surface area contributed by atoms with Gasteiger partial charge in [0.15, 0.2) is 0 Å². The molecule has 0 heterocycles. The Labute approximate surface area is 114 Å². The molecule has 0 spiro atoms. The van der Waals surface area contributed by atoms with Crippen LogP contribution in [0.4, 0.5) is 5.69 Å². The van der Waals surface area contributed by atoms with Crippen LogP contribution >= 0.6 is 11.6 Å². The van der Waals surface area contributed by atoms with E-state index >= 15 is 0 Å². The summed E-state index contributed by atoms with van der Waals surface area (Å²) >= 11 is 5.83. The molecule has 1 aromatic carbocycles. The minimum Gasteiger partial charge on any atom is -0.352 e. The van der Waals surface area contributed by atoms with Crippen molar-refractivity contribution in [2.45, 2.75) is 6.42 Å². The van der Waals surface area contributed by atoms with E-state index in [4.69, 9.17) is 17.4 Å². The van der Waals surface area contributed by atoms with E-state index < -0.39 is 10.8 Å². The van der Waals surface area contributed by atoms with Crippen LogP contribution in [0.15, 0.2) is 18.2 Å². The summed E-state index contributed by atoms with van der Waals surface area (Å²) < 4.78 is 10.9. The third-order valence-corrected chi connectivity index (χ3v) is 3.37. The minimum atomic E-state index is -0.839. The maximum absolute atomic E-state index is 11.9. The van der Waals surface area contributed by atoms with Crippen molar-refractivity contribution in [1.82, 2.24) is 5.32 Å². The number of nitrogens with one attached hydrogen (secondary N) is 2. The van der Waals surface area contributed by atoms with Gasteiger partial charge in [0, 0.05) is 34.4 Å². The smallest absolute Gasteiger partial charge is 0.253 e. The first-order chi connectivity index (χ1) is 8.54. The SMILES string of the molecule is CS(=O)CCCNC(=O)c1cc(Cl)ccc1NN. The van der Waals surface area contributed by atoms with Crippen LogP contribution in [-0.4, -0.2) is 28.7 Å². The third-order valence-electron chi connectivity index (χ3n) is 2.28. The zero-order valence-corrected chi connectivity index (χ0v) is 11.6. The lowest BCUT2D eigenvalue weighted by Gasteiger charge is -2.09. The van der Waals surface area contributed by atoms with Gasteiger partial charge in [0.25, 0.3) is 5.91 Å². The van der Waals surface area contributed by atoms with Crippen molar-refractivity contribution in [1.29, 1.82) is 0 Å². The second kappa shape index (κ2) is 7.35.